The van der Waals surface area contributed by atoms with Crippen molar-refractivity contribution in [2.75, 3.05) is 26.7 Å². The van der Waals surface area contributed by atoms with E-state index in [1.54, 1.807) is 0 Å². The number of amides is 1. The zero-order valence-corrected chi connectivity index (χ0v) is 17.2. The average Bonchev–Trinajstić information content (AvgIpc) is 2.53. The molecule has 25 heavy (non-hydrogen) atoms. The molecular formula is C19H38N2O4. The van der Waals surface area contributed by atoms with Crippen LogP contribution < -0.4 is 5.32 Å². The van der Waals surface area contributed by atoms with Gasteiger partial charge in [0.15, 0.2) is 0 Å². The fourth-order valence-corrected chi connectivity index (χ4v) is 2.69. The Labute approximate surface area is 153 Å². The van der Waals surface area contributed by atoms with Gasteiger partial charge in [0, 0.05) is 13.1 Å². The van der Waals surface area contributed by atoms with E-state index in [-0.39, 0.29) is 5.97 Å². The standard InChI is InChI=1S/C19H38N2O4/c1-8-10-12-19(6,16(22)24-7)21(14-11-9-2)15-13-20-17(23)25-18(3,4)5/h8-15H2,1-7H3,(H,20,23). The van der Waals surface area contributed by atoms with E-state index >= 15 is 0 Å². The lowest BCUT2D eigenvalue weighted by Gasteiger charge is -2.39. The Bertz CT molecular complexity index is 407. The van der Waals surface area contributed by atoms with Crippen molar-refractivity contribution in [1.29, 1.82) is 0 Å². The van der Waals surface area contributed by atoms with Crippen LogP contribution in [0.2, 0.25) is 0 Å². The van der Waals surface area contributed by atoms with Gasteiger partial charge in [-0.15, -0.1) is 0 Å². The highest BCUT2D eigenvalue weighted by Crippen LogP contribution is 2.24. The molecule has 6 heteroatoms. The Kier molecular flexibility index (Phi) is 10.8. The molecule has 1 amide bonds. The van der Waals surface area contributed by atoms with Crippen LogP contribution in [0.3, 0.4) is 0 Å². The van der Waals surface area contributed by atoms with Crippen LogP contribution in [0.5, 0.6) is 0 Å². The van der Waals surface area contributed by atoms with E-state index < -0.39 is 17.2 Å². The first kappa shape index (κ1) is 23.7. The van der Waals surface area contributed by atoms with Gasteiger partial charge in [-0.3, -0.25) is 9.69 Å². The third-order valence-electron chi connectivity index (χ3n) is 4.17. The fraction of sp³-hybridized carbons (Fsp3) is 0.895. The molecule has 0 aromatic carbocycles. The summed E-state index contributed by atoms with van der Waals surface area (Å²) in [5.74, 6) is -0.214. The third kappa shape index (κ3) is 9.10. The molecule has 1 N–H and O–H groups in total. The summed E-state index contributed by atoms with van der Waals surface area (Å²) in [6.45, 7) is 13.5. The van der Waals surface area contributed by atoms with Gasteiger partial charge in [0.1, 0.15) is 11.1 Å². The molecule has 1 atom stereocenters. The predicted octanol–water partition coefficient (Wildman–Crippen LogP) is 3.74. The largest absolute Gasteiger partial charge is 0.468 e. The topological polar surface area (TPSA) is 67.9 Å². The van der Waals surface area contributed by atoms with Gasteiger partial charge in [0.2, 0.25) is 0 Å². The summed E-state index contributed by atoms with van der Waals surface area (Å²) in [6.07, 6.45) is 4.31. The number of hydrogen-bond acceptors (Lipinski definition) is 5. The van der Waals surface area contributed by atoms with Gasteiger partial charge in [0.25, 0.3) is 0 Å². The Balaban J connectivity index is 4.93. The highest BCUT2D eigenvalue weighted by atomic mass is 16.6. The molecular weight excluding hydrogens is 320 g/mol. The molecule has 0 saturated carbocycles. The second-order valence-corrected chi connectivity index (χ2v) is 7.64. The lowest BCUT2D eigenvalue weighted by Crippen LogP contribution is -2.55. The van der Waals surface area contributed by atoms with E-state index in [1.165, 1.54) is 7.11 Å². The molecule has 0 aliphatic heterocycles. The van der Waals surface area contributed by atoms with E-state index in [0.717, 1.165) is 38.6 Å². The summed E-state index contributed by atoms with van der Waals surface area (Å²) in [5, 5.41) is 2.78. The van der Waals surface area contributed by atoms with Gasteiger partial charge >= 0.3 is 12.1 Å². The average molecular weight is 359 g/mol. The summed E-state index contributed by atoms with van der Waals surface area (Å²) in [5.41, 5.74) is -1.19. The molecule has 0 radical (unpaired) electrons. The van der Waals surface area contributed by atoms with Crippen LogP contribution >= 0.6 is 0 Å². The van der Waals surface area contributed by atoms with E-state index in [9.17, 15) is 9.59 Å². The molecule has 0 rings (SSSR count). The number of hydrogen-bond donors (Lipinski definition) is 1. The summed E-state index contributed by atoms with van der Waals surface area (Å²) >= 11 is 0. The fourth-order valence-electron chi connectivity index (χ4n) is 2.69. The highest BCUT2D eigenvalue weighted by Gasteiger charge is 2.39. The maximum absolute atomic E-state index is 12.5. The Morgan fingerprint density at radius 3 is 2.08 bits per heavy atom. The van der Waals surface area contributed by atoms with Gasteiger partial charge in [0.05, 0.1) is 7.11 Å². The third-order valence-corrected chi connectivity index (χ3v) is 4.17. The van der Waals surface area contributed by atoms with E-state index in [1.807, 2.05) is 27.7 Å². The number of carbonyl (C=O) groups is 2. The summed E-state index contributed by atoms with van der Waals surface area (Å²) in [6, 6.07) is 0. The number of esters is 1. The van der Waals surface area contributed by atoms with Gasteiger partial charge in [-0.2, -0.15) is 0 Å². The molecule has 1 unspecified atom stereocenters. The minimum atomic E-state index is -0.671. The minimum absolute atomic E-state index is 0.214. The van der Waals surface area contributed by atoms with Crippen LogP contribution in [0, 0.1) is 0 Å². The van der Waals surface area contributed by atoms with Crippen LogP contribution in [0.4, 0.5) is 4.79 Å². The van der Waals surface area contributed by atoms with Crippen LogP contribution in [0.15, 0.2) is 0 Å². The van der Waals surface area contributed by atoms with E-state index in [2.05, 4.69) is 24.1 Å². The number of methoxy groups -OCH3 is 1. The maximum atomic E-state index is 12.5. The SMILES string of the molecule is CCCCN(CCNC(=O)OC(C)(C)C)C(C)(CCCC)C(=O)OC. The molecule has 6 nitrogen and oxygen atoms in total. The van der Waals surface area contributed by atoms with E-state index in [0.29, 0.717) is 13.1 Å². The van der Waals surface area contributed by atoms with Crippen molar-refractivity contribution in [2.45, 2.75) is 84.8 Å². The molecule has 0 bridgehead atoms. The molecule has 0 saturated heterocycles. The first-order valence-corrected chi connectivity index (χ1v) is 9.41. The van der Waals surface area contributed by atoms with Crippen LogP contribution in [-0.4, -0.2) is 54.8 Å². The number of nitrogens with zero attached hydrogens (tertiary/aromatic N) is 1. The minimum Gasteiger partial charge on any atom is -0.468 e. The van der Waals surface area contributed by atoms with Crippen molar-refractivity contribution in [1.82, 2.24) is 10.2 Å². The molecule has 0 aromatic heterocycles. The molecule has 0 spiro atoms. The molecule has 0 fully saturated rings. The smallest absolute Gasteiger partial charge is 0.407 e. The first-order valence-electron chi connectivity index (χ1n) is 9.41. The summed E-state index contributed by atoms with van der Waals surface area (Å²) in [4.78, 5) is 26.4. The molecule has 0 aromatic rings. The van der Waals surface area contributed by atoms with Gasteiger partial charge < -0.3 is 14.8 Å². The zero-order chi connectivity index (χ0) is 19.5. The van der Waals surface area contributed by atoms with Gasteiger partial charge in [-0.1, -0.05) is 33.1 Å². The molecule has 0 heterocycles. The number of nitrogens with one attached hydrogen (secondary N) is 1. The first-order chi connectivity index (χ1) is 11.6. The molecule has 0 aliphatic carbocycles. The Morgan fingerprint density at radius 1 is 1.00 bits per heavy atom. The summed E-state index contributed by atoms with van der Waals surface area (Å²) in [7, 11) is 1.43. The number of unbranched alkanes of at least 4 members (excludes halogenated alkanes) is 2. The monoisotopic (exact) mass is 358 g/mol. The Morgan fingerprint density at radius 2 is 1.60 bits per heavy atom. The second-order valence-electron chi connectivity index (χ2n) is 7.64. The van der Waals surface area contributed by atoms with Crippen molar-refractivity contribution >= 4 is 12.1 Å². The molecule has 148 valence electrons. The Hall–Kier alpha value is -1.30. The molecule has 0 aliphatic rings. The maximum Gasteiger partial charge on any atom is 0.407 e. The lowest BCUT2D eigenvalue weighted by atomic mass is 9.92. The van der Waals surface area contributed by atoms with Crippen molar-refractivity contribution < 1.29 is 19.1 Å². The zero-order valence-electron chi connectivity index (χ0n) is 17.2. The lowest BCUT2D eigenvalue weighted by molar-refractivity contribution is -0.155. The van der Waals surface area contributed by atoms with Crippen LogP contribution in [0.1, 0.15) is 73.6 Å². The van der Waals surface area contributed by atoms with Crippen molar-refractivity contribution in [3.63, 3.8) is 0 Å². The predicted molar refractivity (Wildman–Crippen MR) is 101 cm³/mol. The quantitative estimate of drug-likeness (QED) is 0.570. The summed E-state index contributed by atoms with van der Waals surface area (Å²) < 4.78 is 10.3. The number of ether oxygens (including phenoxy) is 2. The number of rotatable bonds is 11. The van der Waals surface area contributed by atoms with Gasteiger partial charge in [-0.05, 0) is 47.1 Å². The van der Waals surface area contributed by atoms with Crippen LogP contribution in [-0.2, 0) is 14.3 Å². The highest BCUT2D eigenvalue weighted by molar-refractivity contribution is 5.80. The normalized spacial score (nSPS) is 14.1. The van der Waals surface area contributed by atoms with Crippen LogP contribution in [0.25, 0.3) is 0 Å². The van der Waals surface area contributed by atoms with Gasteiger partial charge in [-0.25, -0.2) is 4.79 Å². The van der Waals surface area contributed by atoms with Crippen molar-refractivity contribution in [2.24, 2.45) is 0 Å². The van der Waals surface area contributed by atoms with Crippen molar-refractivity contribution in [3.8, 4) is 0 Å². The number of carbonyl (C=O) groups excluding carboxylic acids is 2. The number of alkyl carbamates (subject to hydrolysis) is 1. The second kappa shape index (κ2) is 11.3. The van der Waals surface area contributed by atoms with E-state index in [4.69, 9.17) is 9.47 Å². The van der Waals surface area contributed by atoms with Crippen molar-refractivity contribution in [3.05, 3.63) is 0 Å².